The highest BCUT2D eigenvalue weighted by atomic mass is 35.5. The van der Waals surface area contributed by atoms with Gasteiger partial charge in [-0.05, 0) is 23.8 Å². The Morgan fingerprint density at radius 1 is 1.16 bits per heavy atom. The Balaban J connectivity index is 1.85. The SMILES string of the molecule is COC(=O)/C(=C/c1ccc(Cl)cc1)Cn1cc(-c2ccccc2)nn1. The largest absolute Gasteiger partial charge is 0.466 e. The van der Waals surface area contributed by atoms with Gasteiger partial charge in [0.05, 0.1) is 25.4 Å². The lowest BCUT2D eigenvalue weighted by molar-refractivity contribution is -0.136. The Morgan fingerprint density at radius 3 is 2.56 bits per heavy atom. The lowest BCUT2D eigenvalue weighted by Crippen LogP contribution is -2.12. The van der Waals surface area contributed by atoms with E-state index in [4.69, 9.17) is 16.3 Å². The van der Waals surface area contributed by atoms with E-state index in [1.54, 1.807) is 29.1 Å². The van der Waals surface area contributed by atoms with E-state index in [2.05, 4.69) is 10.3 Å². The van der Waals surface area contributed by atoms with Gasteiger partial charge in [-0.3, -0.25) is 0 Å². The first kappa shape index (κ1) is 16.9. The maximum Gasteiger partial charge on any atom is 0.335 e. The summed E-state index contributed by atoms with van der Waals surface area (Å²) >= 11 is 5.89. The Labute approximate surface area is 150 Å². The standard InChI is InChI=1S/C19H16ClN3O2/c1-25-19(24)16(11-14-7-9-17(20)10-8-14)12-23-13-18(21-22-23)15-5-3-2-4-6-15/h2-11,13H,12H2,1H3/b16-11+. The topological polar surface area (TPSA) is 57.0 Å². The summed E-state index contributed by atoms with van der Waals surface area (Å²) in [7, 11) is 1.36. The van der Waals surface area contributed by atoms with Crippen molar-refractivity contribution in [3.8, 4) is 11.3 Å². The number of ether oxygens (including phenoxy) is 1. The average molecular weight is 354 g/mol. The van der Waals surface area contributed by atoms with Crippen molar-refractivity contribution in [2.75, 3.05) is 7.11 Å². The molecule has 0 bridgehead atoms. The number of aromatic nitrogens is 3. The van der Waals surface area contributed by atoms with Crippen LogP contribution in [0.25, 0.3) is 17.3 Å². The van der Waals surface area contributed by atoms with Crippen molar-refractivity contribution in [2.24, 2.45) is 0 Å². The van der Waals surface area contributed by atoms with Crippen LogP contribution in [0.1, 0.15) is 5.56 Å². The molecule has 3 rings (SSSR count). The van der Waals surface area contributed by atoms with E-state index < -0.39 is 5.97 Å². The molecule has 2 aromatic carbocycles. The van der Waals surface area contributed by atoms with Gasteiger partial charge >= 0.3 is 5.97 Å². The van der Waals surface area contributed by atoms with Gasteiger partial charge in [-0.25, -0.2) is 9.48 Å². The molecular weight excluding hydrogens is 338 g/mol. The van der Waals surface area contributed by atoms with Gasteiger partial charge in [-0.1, -0.05) is 59.3 Å². The van der Waals surface area contributed by atoms with E-state index in [0.717, 1.165) is 16.8 Å². The molecule has 0 radical (unpaired) electrons. The minimum Gasteiger partial charge on any atom is -0.466 e. The third-order valence-electron chi connectivity index (χ3n) is 3.60. The number of hydrogen-bond donors (Lipinski definition) is 0. The number of carbonyl (C=O) groups excluding carboxylic acids is 1. The predicted octanol–water partition coefficient (Wildman–Crippen LogP) is 3.86. The fourth-order valence-electron chi connectivity index (χ4n) is 2.35. The van der Waals surface area contributed by atoms with Crippen LogP contribution in [-0.2, 0) is 16.1 Å². The van der Waals surface area contributed by atoms with Gasteiger partial charge in [0.15, 0.2) is 0 Å². The molecule has 0 amide bonds. The summed E-state index contributed by atoms with van der Waals surface area (Å²) in [6, 6.07) is 16.9. The van der Waals surface area contributed by atoms with Gasteiger partial charge in [0, 0.05) is 10.6 Å². The van der Waals surface area contributed by atoms with Crippen LogP contribution < -0.4 is 0 Å². The van der Waals surface area contributed by atoms with Crippen LogP contribution in [0.2, 0.25) is 5.02 Å². The first-order valence-electron chi connectivity index (χ1n) is 7.66. The third-order valence-corrected chi connectivity index (χ3v) is 3.85. The van der Waals surface area contributed by atoms with Gasteiger partial charge in [0.1, 0.15) is 5.69 Å². The van der Waals surface area contributed by atoms with Crippen molar-refractivity contribution < 1.29 is 9.53 Å². The van der Waals surface area contributed by atoms with E-state index in [-0.39, 0.29) is 6.54 Å². The summed E-state index contributed by atoms with van der Waals surface area (Å²) in [5, 5.41) is 8.90. The third kappa shape index (κ3) is 4.33. The Bertz CT molecular complexity index is 887. The lowest BCUT2D eigenvalue weighted by atomic mass is 10.1. The minimum atomic E-state index is -0.410. The second-order valence-electron chi connectivity index (χ2n) is 5.38. The van der Waals surface area contributed by atoms with Crippen molar-refractivity contribution in [1.29, 1.82) is 0 Å². The highest BCUT2D eigenvalue weighted by molar-refractivity contribution is 6.30. The molecule has 0 saturated carbocycles. The number of methoxy groups -OCH3 is 1. The van der Waals surface area contributed by atoms with E-state index in [1.807, 2.05) is 42.5 Å². The fourth-order valence-corrected chi connectivity index (χ4v) is 2.48. The summed E-state index contributed by atoms with van der Waals surface area (Å²) in [4.78, 5) is 12.1. The normalized spacial score (nSPS) is 11.4. The van der Waals surface area contributed by atoms with Gasteiger partial charge in [0.25, 0.3) is 0 Å². The zero-order chi connectivity index (χ0) is 17.6. The van der Waals surface area contributed by atoms with E-state index >= 15 is 0 Å². The number of esters is 1. The first-order chi connectivity index (χ1) is 12.2. The Morgan fingerprint density at radius 2 is 1.88 bits per heavy atom. The number of rotatable bonds is 5. The van der Waals surface area contributed by atoms with Gasteiger partial charge in [0.2, 0.25) is 0 Å². The van der Waals surface area contributed by atoms with Crippen LogP contribution in [0.15, 0.2) is 66.4 Å². The first-order valence-corrected chi connectivity index (χ1v) is 8.03. The molecule has 0 fully saturated rings. The number of nitrogens with zero attached hydrogens (tertiary/aromatic N) is 3. The summed E-state index contributed by atoms with van der Waals surface area (Å²) < 4.78 is 6.49. The molecule has 1 aromatic heterocycles. The summed E-state index contributed by atoms with van der Waals surface area (Å²) in [5.74, 6) is -0.410. The number of carbonyl (C=O) groups is 1. The molecule has 0 spiro atoms. The van der Waals surface area contributed by atoms with E-state index in [1.165, 1.54) is 7.11 Å². The number of halogens is 1. The minimum absolute atomic E-state index is 0.259. The quantitative estimate of drug-likeness (QED) is 0.516. The Kier molecular flexibility index (Phi) is 5.26. The highest BCUT2D eigenvalue weighted by Crippen LogP contribution is 2.17. The zero-order valence-corrected chi connectivity index (χ0v) is 14.3. The molecule has 0 atom stereocenters. The van der Waals surface area contributed by atoms with Crippen LogP contribution in [0.5, 0.6) is 0 Å². The predicted molar refractivity (Wildman–Crippen MR) is 96.9 cm³/mol. The van der Waals surface area contributed by atoms with Crippen LogP contribution in [0.4, 0.5) is 0 Å². The number of benzene rings is 2. The zero-order valence-electron chi connectivity index (χ0n) is 13.6. The second-order valence-corrected chi connectivity index (χ2v) is 5.82. The molecular formula is C19H16ClN3O2. The molecule has 3 aromatic rings. The molecule has 6 heteroatoms. The van der Waals surface area contributed by atoms with Crippen molar-refractivity contribution in [2.45, 2.75) is 6.54 Å². The maximum atomic E-state index is 12.1. The van der Waals surface area contributed by atoms with Crippen LogP contribution in [-0.4, -0.2) is 28.1 Å². The molecule has 25 heavy (non-hydrogen) atoms. The molecule has 0 N–H and O–H groups in total. The highest BCUT2D eigenvalue weighted by Gasteiger charge is 2.13. The molecule has 1 heterocycles. The lowest BCUT2D eigenvalue weighted by Gasteiger charge is -2.06. The molecule has 0 saturated heterocycles. The smallest absolute Gasteiger partial charge is 0.335 e. The van der Waals surface area contributed by atoms with Crippen molar-refractivity contribution in [1.82, 2.24) is 15.0 Å². The summed E-state index contributed by atoms with van der Waals surface area (Å²) in [6.45, 7) is 0.259. The van der Waals surface area contributed by atoms with E-state index in [9.17, 15) is 4.79 Å². The molecule has 0 aliphatic rings. The van der Waals surface area contributed by atoms with Crippen molar-refractivity contribution in [3.63, 3.8) is 0 Å². The van der Waals surface area contributed by atoms with Crippen molar-refractivity contribution >= 4 is 23.6 Å². The van der Waals surface area contributed by atoms with Crippen LogP contribution in [0, 0.1) is 0 Å². The van der Waals surface area contributed by atoms with Crippen LogP contribution >= 0.6 is 11.6 Å². The van der Waals surface area contributed by atoms with Gasteiger partial charge < -0.3 is 4.74 Å². The summed E-state index contributed by atoms with van der Waals surface area (Å²) in [6.07, 6.45) is 3.56. The van der Waals surface area contributed by atoms with E-state index in [0.29, 0.717) is 10.6 Å². The fraction of sp³-hybridized carbons (Fsp3) is 0.105. The Hall–Kier alpha value is -2.92. The molecule has 126 valence electrons. The molecule has 0 aliphatic carbocycles. The van der Waals surface area contributed by atoms with Crippen LogP contribution in [0.3, 0.4) is 0 Å². The molecule has 0 unspecified atom stereocenters. The molecule has 5 nitrogen and oxygen atoms in total. The maximum absolute atomic E-state index is 12.1. The van der Waals surface area contributed by atoms with Gasteiger partial charge in [-0.2, -0.15) is 0 Å². The molecule has 0 aliphatic heterocycles. The number of hydrogen-bond acceptors (Lipinski definition) is 4. The summed E-state index contributed by atoms with van der Waals surface area (Å²) in [5.41, 5.74) is 3.04. The average Bonchev–Trinajstić information content (AvgIpc) is 3.11. The van der Waals surface area contributed by atoms with Crippen molar-refractivity contribution in [3.05, 3.63) is 77.0 Å². The second kappa shape index (κ2) is 7.77. The monoisotopic (exact) mass is 353 g/mol. The van der Waals surface area contributed by atoms with Gasteiger partial charge in [-0.15, -0.1) is 5.10 Å².